The molecule has 0 unspecified atom stereocenters. The van der Waals surface area contributed by atoms with Gasteiger partial charge in [-0.05, 0) is 43.1 Å². The van der Waals surface area contributed by atoms with Gasteiger partial charge in [0.05, 0.1) is 6.26 Å². The van der Waals surface area contributed by atoms with Crippen LogP contribution in [0.1, 0.15) is 31.2 Å². The molecule has 132 valence electrons. The molecule has 1 aliphatic heterocycles. The number of sulfonamides is 1. The molecule has 2 atom stereocenters. The Morgan fingerprint density at radius 2 is 1.92 bits per heavy atom. The molecule has 24 heavy (non-hydrogen) atoms. The highest BCUT2D eigenvalue weighted by molar-refractivity contribution is 7.88. The van der Waals surface area contributed by atoms with Crippen LogP contribution in [-0.4, -0.2) is 44.0 Å². The van der Waals surface area contributed by atoms with Gasteiger partial charge in [0.15, 0.2) is 0 Å². The zero-order chi connectivity index (χ0) is 17.2. The maximum absolute atomic E-state index is 12.3. The third-order valence-electron chi connectivity index (χ3n) is 5.09. The molecule has 5 nitrogen and oxygen atoms in total. The number of rotatable bonds is 7. The number of carbonyl (C=O) groups excluding carboxylic acids is 1. The van der Waals surface area contributed by atoms with E-state index in [1.807, 2.05) is 18.2 Å². The quantitative estimate of drug-likeness (QED) is 0.815. The Balaban J connectivity index is 1.49. The summed E-state index contributed by atoms with van der Waals surface area (Å²) in [5.41, 5.74) is 1.24. The third kappa shape index (κ3) is 4.57. The van der Waals surface area contributed by atoms with Gasteiger partial charge in [-0.3, -0.25) is 4.79 Å². The van der Waals surface area contributed by atoms with Gasteiger partial charge >= 0.3 is 0 Å². The number of carbonyl (C=O) groups is 1. The lowest BCUT2D eigenvalue weighted by Gasteiger charge is -2.19. The summed E-state index contributed by atoms with van der Waals surface area (Å²) in [6.07, 6.45) is 5.75. The van der Waals surface area contributed by atoms with E-state index in [1.54, 1.807) is 0 Å². The van der Waals surface area contributed by atoms with Gasteiger partial charge in [-0.25, -0.2) is 8.42 Å². The van der Waals surface area contributed by atoms with Crippen molar-refractivity contribution >= 4 is 15.9 Å². The highest BCUT2D eigenvalue weighted by atomic mass is 32.2. The topological polar surface area (TPSA) is 66.5 Å². The summed E-state index contributed by atoms with van der Waals surface area (Å²) in [6.45, 7) is 0.975. The minimum atomic E-state index is -3.18. The monoisotopic (exact) mass is 350 g/mol. The van der Waals surface area contributed by atoms with Gasteiger partial charge in [0.1, 0.15) is 0 Å². The number of hydrogen-bond acceptors (Lipinski definition) is 3. The van der Waals surface area contributed by atoms with E-state index in [2.05, 4.69) is 17.4 Å². The number of aryl methyl sites for hydroxylation is 1. The van der Waals surface area contributed by atoms with Gasteiger partial charge in [-0.2, -0.15) is 4.31 Å². The van der Waals surface area contributed by atoms with E-state index >= 15 is 0 Å². The van der Waals surface area contributed by atoms with Crippen molar-refractivity contribution in [2.24, 2.45) is 11.8 Å². The lowest BCUT2D eigenvalue weighted by atomic mass is 9.98. The van der Waals surface area contributed by atoms with Gasteiger partial charge in [0.25, 0.3) is 0 Å². The maximum Gasteiger partial charge on any atom is 0.220 e. The molecule has 1 aromatic carbocycles. The largest absolute Gasteiger partial charge is 0.352 e. The minimum absolute atomic E-state index is 0.0311. The van der Waals surface area contributed by atoms with Crippen LogP contribution in [0.2, 0.25) is 0 Å². The van der Waals surface area contributed by atoms with E-state index in [0.29, 0.717) is 25.4 Å². The van der Waals surface area contributed by atoms with E-state index < -0.39 is 10.0 Å². The predicted molar refractivity (Wildman–Crippen MR) is 93.9 cm³/mol. The zero-order valence-electron chi connectivity index (χ0n) is 14.1. The maximum atomic E-state index is 12.3. The van der Waals surface area contributed by atoms with Crippen molar-refractivity contribution in [2.45, 2.75) is 38.1 Å². The van der Waals surface area contributed by atoms with Gasteiger partial charge < -0.3 is 5.32 Å². The molecule has 1 saturated carbocycles. The molecule has 1 aliphatic carbocycles. The van der Waals surface area contributed by atoms with Crippen LogP contribution < -0.4 is 5.32 Å². The van der Waals surface area contributed by atoms with Crippen molar-refractivity contribution in [3.05, 3.63) is 35.9 Å². The van der Waals surface area contributed by atoms with Crippen molar-refractivity contribution in [3.8, 4) is 0 Å². The first-order chi connectivity index (χ1) is 11.4. The minimum Gasteiger partial charge on any atom is -0.352 e. The van der Waals surface area contributed by atoms with Crippen molar-refractivity contribution in [3.63, 3.8) is 0 Å². The van der Waals surface area contributed by atoms with E-state index in [1.165, 1.54) is 16.1 Å². The van der Waals surface area contributed by atoms with E-state index in [-0.39, 0.29) is 17.9 Å². The molecule has 1 heterocycles. The van der Waals surface area contributed by atoms with Crippen LogP contribution in [-0.2, 0) is 21.2 Å². The molecular weight excluding hydrogens is 324 g/mol. The summed E-state index contributed by atoms with van der Waals surface area (Å²) in [4.78, 5) is 12.3. The normalized spacial score (nSPS) is 24.9. The van der Waals surface area contributed by atoms with Gasteiger partial charge in [-0.1, -0.05) is 30.3 Å². The van der Waals surface area contributed by atoms with Crippen molar-refractivity contribution in [1.29, 1.82) is 0 Å². The Kier molecular flexibility index (Phi) is 5.25. The summed E-state index contributed by atoms with van der Waals surface area (Å²) in [5, 5.41) is 3.09. The Morgan fingerprint density at radius 3 is 2.54 bits per heavy atom. The fraction of sp³-hybridized carbons (Fsp3) is 0.611. The van der Waals surface area contributed by atoms with Crippen LogP contribution in [0.4, 0.5) is 0 Å². The number of benzene rings is 1. The van der Waals surface area contributed by atoms with Crippen molar-refractivity contribution in [2.75, 3.05) is 19.3 Å². The van der Waals surface area contributed by atoms with Crippen LogP contribution in [0, 0.1) is 11.8 Å². The van der Waals surface area contributed by atoms with E-state index in [4.69, 9.17) is 0 Å². The smallest absolute Gasteiger partial charge is 0.220 e. The van der Waals surface area contributed by atoms with Crippen LogP contribution >= 0.6 is 0 Å². The van der Waals surface area contributed by atoms with Crippen LogP contribution in [0.25, 0.3) is 0 Å². The predicted octanol–water partition coefficient (Wildman–Crippen LogP) is 1.80. The zero-order valence-corrected chi connectivity index (χ0v) is 15.0. The molecule has 2 aliphatic rings. The first-order valence-corrected chi connectivity index (χ1v) is 10.6. The Bertz CT molecular complexity index is 671. The number of hydrogen-bond donors (Lipinski definition) is 1. The fourth-order valence-electron chi connectivity index (χ4n) is 3.59. The standard InChI is InChI=1S/C18H26N2O3S/c1-24(22,23)20-12-16(15-10-11-15)17(13-20)19-18(21)9-5-8-14-6-3-2-4-7-14/h2-4,6-7,15-17H,5,8-13H2,1H3,(H,19,21)/t16-,17+/m1/s1. The van der Waals surface area contributed by atoms with Crippen LogP contribution in [0.3, 0.4) is 0 Å². The second-order valence-electron chi connectivity index (χ2n) is 7.09. The lowest BCUT2D eigenvalue weighted by molar-refractivity contribution is -0.122. The number of amides is 1. The van der Waals surface area contributed by atoms with Gasteiger partial charge in [0.2, 0.25) is 15.9 Å². The van der Waals surface area contributed by atoms with Crippen LogP contribution in [0.5, 0.6) is 0 Å². The molecule has 1 saturated heterocycles. The summed E-state index contributed by atoms with van der Waals surface area (Å²) in [5.74, 6) is 0.890. The average molecular weight is 350 g/mol. The van der Waals surface area contributed by atoms with Gasteiger partial charge in [-0.15, -0.1) is 0 Å². The molecule has 0 bridgehead atoms. The molecule has 0 spiro atoms. The summed E-state index contributed by atoms with van der Waals surface area (Å²) >= 11 is 0. The Morgan fingerprint density at radius 1 is 1.21 bits per heavy atom. The summed E-state index contributed by atoms with van der Waals surface area (Å²) in [7, 11) is -3.18. The SMILES string of the molecule is CS(=O)(=O)N1C[C@H](NC(=O)CCCc2ccccc2)[C@@H](C2CC2)C1. The summed E-state index contributed by atoms with van der Waals surface area (Å²) in [6, 6.07) is 10.1. The first-order valence-electron chi connectivity index (χ1n) is 8.72. The lowest BCUT2D eigenvalue weighted by Crippen LogP contribution is -2.41. The number of nitrogens with zero attached hydrogens (tertiary/aromatic N) is 1. The highest BCUT2D eigenvalue weighted by Crippen LogP contribution is 2.41. The van der Waals surface area contributed by atoms with Crippen LogP contribution in [0.15, 0.2) is 30.3 Å². The molecule has 1 amide bonds. The fourth-order valence-corrected chi connectivity index (χ4v) is 4.47. The Labute approximate surface area is 144 Å². The molecule has 1 N–H and O–H groups in total. The highest BCUT2D eigenvalue weighted by Gasteiger charge is 2.45. The summed E-state index contributed by atoms with van der Waals surface area (Å²) < 4.78 is 25.1. The van der Waals surface area contributed by atoms with E-state index in [0.717, 1.165) is 25.7 Å². The van der Waals surface area contributed by atoms with E-state index in [9.17, 15) is 13.2 Å². The molecule has 2 fully saturated rings. The molecule has 3 rings (SSSR count). The van der Waals surface area contributed by atoms with Crippen molar-refractivity contribution in [1.82, 2.24) is 9.62 Å². The third-order valence-corrected chi connectivity index (χ3v) is 6.32. The Hall–Kier alpha value is -1.40. The first kappa shape index (κ1) is 17.4. The number of nitrogens with one attached hydrogen (secondary N) is 1. The van der Waals surface area contributed by atoms with Crippen molar-refractivity contribution < 1.29 is 13.2 Å². The molecular formula is C18H26N2O3S. The second-order valence-corrected chi connectivity index (χ2v) is 9.08. The molecule has 1 aromatic rings. The average Bonchev–Trinajstić information content (AvgIpc) is 3.28. The molecule has 6 heteroatoms. The van der Waals surface area contributed by atoms with Gasteiger partial charge in [0, 0.05) is 25.6 Å². The molecule has 0 aromatic heterocycles. The second kappa shape index (κ2) is 7.23. The molecule has 0 radical (unpaired) electrons.